The molecule has 0 saturated carbocycles. The first-order valence-corrected chi connectivity index (χ1v) is 9.59. The first kappa shape index (κ1) is 18.9. The number of para-hydroxylation sites is 1. The number of benzene rings is 2. The maximum Gasteiger partial charge on any atom is 0.177 e. The number of Topliss-reactive ketones (excluding diaryl/α,β-unsaturated/α-hetero) is 1. The Morgan fingerprint density at radius 1 is 1.21 bits per heavy atom. The van der Waals surface area contributed by atoms with Crippen molar-refractivity contribution in [1.29, 1.82) is 0 Å². The highest BCUT2D eigenvalue weighted by Crippen LogP contribution is 2.28. The van der Waals surface area contributed by atoms with Crippen molar-refractivity contribution in [2.24, 2.45) is 0 Å². The third-order valence-electron chi connectivity index (χ3n) is 5.07. The Bertz CT molecular complexity index is 1040. The Balaban J connectivity index is 1.42. The zero-order valence-corrected chi connectivity index (χ0v) is 15.9. The number of nitrogens with one attached hydrogen (secondary N) is 1. The van der Waals surface area contributed by atoms with Gasteiger partial charge in [0.05, 0.1) is 5.69 Å². The average molecular weight is 391 g/mol. The van der Waals surface area contributed by atoms with E-state index in [1.807, 2.05) is 24.3 Å². The zero-order chi connectivity index (χ0) is 20.2. The van der Waals surface area contributed by atoms with Crippen molar-refractivity contribution in [2.75, 3.05) is 11.1 Å². The highest BCUT2D eigenvalue weighted by Gasteiger charge is 2.25. The second kappa shape index (κ2) is 8.31. The number of halogens is 1. The van der Waals surface area contributed by atoms with Crippen molar-refractivity contribution in [3.8, 4) is 5.75 Å². The summed E-state index contributed by atoms with van der Waals surface area (Å²) in [5, 5.41) is 3.09. The number of aromatic nitrogens is 1. The van der Waals surface area contributed by atoms with Crippen molar-refractivity contribution in [3.63, 3.8) is 0 Å². The van der Waals surface area contributed by atoms with Gasteiger partial charge in [-0.15, -0.1) is 0 Å². The molecule has 0 fully saturated rings. The summed E-state index contributed by atoms with van der Waals surface area (Å²) in [5.74, 6) is 0.796. The molecule has 6 heteroatoms. The van der Waals surface area contributed by atoms with Crippen LogP contribution in [0.15, 0.2) is 60.8 Å². The SMILES string of the molecule is Nc1ncccc1NCc1cc(CC(=O)C2CCc3ccccc3O2)ccc1F. The number of carbonyl (C=O) groups is 1. The van der Waals surface area contributed by atoms with Crippen LogP contribution in [0.3, 0.4) is 0 Å². The lowest BCUT2D eigenvalue weighted by atomic mass is 9.96. The molecule has 0 aliphatic carbocycles. The number of fused-ring (bicyclic) bond motifs is 1. The smallest absolute Gasteiger partial charge is 0.177 e. The van der Waals surface area contributed by atoms with E-state index in [0.29, 0.717) is 23.5 Å². The molecule has 2 heterocycles. The van der Waals surface area contributed by atoms with Crippen LogP contribution < -0.4 is 15.8 Å². The topological polar surface area (TPSA) is 77.2 Å². The lowest BCUT2D eigenvalue weighted by Gasteiger charge is -2.25. The number of nitrogens with zero attached hydrogens (tertiary/aromatic N) is 1. The number of rotatable bonds is 6. The summed E-state index contributed by atoms with van der Waals surface area (Å²) in [6.45, 7) is 0.247. The molecule has 0 spiro atoms. The highest BCUT2D eigenvalue weighted by atomic mass is 19.1. The van der Waals surface area contributed by atoms with Gasteiger partial charge in [0.15, 0.2) is 11.9 Å². The minimum atomic E-state index is -0.466. The van der Waals surface area contributed by atoms with Gasteiger partial charge in [0.25, 0.3) is 0 Å². The van der Waals surface area contributed by atoms with Gasteiger partial charge in [-0.25, -0.2) is 9.37 Å². The van der Waals surface area contributed by atoms with Crippen molar-refractivity contribution in [1.82, 2.24) is 4.98 Å². The van der Waals surface area contributed by atoms with Gasteiger partial charge in [-0.3, -0.25) is 4.79 Å². The quantitative estimate of drug-likeness (QED) is 0.666. The summed E-state index contributed by atoms with van der Waals surface area (Å²) in [6, 6.07) is 16.1. The standard InChI is InChI=1S/C23H22FN3O2/c24-18-9-7-15(12-17(18)14-27-19-5-3-11-26-23(19)25)13-20(28)22-10-8-16-4-1-2-6-21(16)29-22/h1-7,9,11-12,22,27H,8,10,13-14H2,(H2,25,26). The van der Waals surface area contributed by atoms with E-state index < -0.39 is 6.10 Å². The predicted molar refractivity (Wildman–Crippen MR) is 110 cm³/mol. The third-order valence-corrected chi connectivity index (χ3v) is 5.07. The van der Waals surface area contributed by atoms with Gasteiger partial charge in [-0.1, -0.05) is 30.3 Å². The van der Waals surface area contributed by atoms with Crippen LogP contribution >= 0.6 is 0 Å². The summed E-state index contributed by atoms with van der Waals surface area (Å²) in [4.78, 5) is 16.7. The van der Waals surface area contributed by atoms with Crippen molar-refractivity contribution in [2.45, 2.75) is 31.9 Å². The van der Waals surface area contributed by atoms with Crippen LogP contribution in [-0.4, -0.2) is 16.9 Å². The first-order chi connectivity index (χ1) is 14.1. The van der Waals surface area contributed by atoms with Gasteiger partial charge in [0, 0.05) is 24.7 Å². The van der Waals surface area contributed by atoms with E-state index >= 15 is 0 Å². The van der Waals surface area contributed by atoms with Crippen LogP contribution in [-0.2, 0) is 24.2 Å². The highest BCUT2D eigenvalue weighted by molar-refractivity contribution is 5.86. The van der Waals surface area contributed by atoms with E-state index in [2.05, 4.69) is 10.3 Å². The largest absolute Gasteiger partial charge is 0.482 e. The fourth-order valence-corrected chi connectivity index (χ4v) is 3.50. The van der Waals surface area contributed by atoms with Crippen LogP contribution in [0.5, 0.6) is 5.75 Å². The number of ether oxygens (including phenoxy) is 1. The number of hydrogen-bond donors (Lipinski definition) is 2. The third kappa shape index (κ3) is 4.37. The summed E-state index contributed by atoms with van der Waals surface area (Å²) in [7, 11) is 0. The van der Waals surface area contributed by atoms with Crippen LogP contribution in [0.25, 0.3) is 0 Å². The fraction of sp³-hybridized carbons (Fsp3) is 0.217. The van der Waals surface area contributed by atoms with Crippen LogP contribution in [0.1, 0.15) is 23.1 Å². The summed E-state index contributed by atoms with van der Waals surface area (Å²) in [6.07, 6.45) is 2.81. The Labute approximate surface area is 168 Å². The Morgan fingerprint density at radius 3 is 2.93 bits per heavy atom. The molecule has 1 aliphatic heterocycles. The molecule has 1 atom stereocenters. The van der Waals surface area contributed by atoms with Crippen molar-refractivity contribution in [3.05, 3.63) is 83.3 Å². The molecule has 2 aromatic carbocycles. The second-order valence-corrected chi connectivity index (χ2v) is 7.11. The Hall–Kier alpha value is -3.41. The summed E-state index contributed by atoms with van der Waals surface area (Å²) in [5.41, 5.74) is 8.80. The maximum absolute atomic E-state index is 14.2. The number of pyridine rings is 1. The molecule has 0 radical (unpaired) electrons. The normalized spacial score (nSPS) is 15.3. The number of anilines is 2. The molecule has 1 aliphatic rings. The van der Waals surface area contributed by atoms with Gasteiger partial charge in [0.2, 0.25) is 0 Å². The van der Waals surface area contributed by atoms with Crippen molar-refractivity contribution < 1.29 is 13.9 Å². The molecule has 4 rings (SSSR count). The van der Waals surface area contributed by atoms with Crippen LogP contribution in [0.4, 0.5) is 15.9 Å². The van der Waals surface area contributed by atoms with Crippen LogP contribution in [0, 0.1) is 5.82 Å². The van der Waals surface area contributed by atoms with E-state index in [0.717, 1.165) is 23.3 Å². The van der Waals surface area contributed by atoms with E-state index in [-0.39, 0.29) is 24.6 Å². The Kier molecular flexibility index (Phi) is 5.42. The van der Waals surface area contributed by atoms with E-state index in [1.165, 1.54) is 6.07 Å². The number of hydrogen-bond acceptors (Lipinski definition) is 5. The molecule has 5 nitrogen and oxygen atoms in total. The lowest BCUT2D eigenvalue weighted by Crippen LogP contribution is -2.32. The molecular weight excluding hydrogens is 369 g/mol. The molecule has 3 N–H and O–H groups in total. The predicted octanol–water partition coefficient (Wildman–Crippen LogP) is 3.92. The number of nitrogen functional groups attached to an aromatic ring is 1. The second-order valence-electron chi connectivity index (χ2n) is 7.11. The molecule has 29 heavy (non-hydrogen) atoms. The maximum atomic E-state index is 14.2. The lowest BCUT2D eigenvalue weighted by molar-refractivity contribution is -0.125. The summed E-state index contributed by atoms with van der Waals surface area (Å²) >= 11 is 0. The van der Waals surface area contributed by atoms with Crippen LogP contribution in [0.2, 0.25) is 0 Å². The number of nitrogens with two attached hydrogens (primary N) is 1. The minimum Gasteiger partial charge on any atom is -0.482 e. The molecule has 0 bridgehead atoms. The molecule has 1 unspecified atom stereocenters. The minimum absolute atomic E-state index is 0.00141. The van der Waals surface area contributed by atoms with Gasteiger partial charge in [0.1, 0.15) is 17.4 Å². The van der Waals surface area contributed by atoms with Gasteiger partial charge < -0.3 is 15.8 Å². The van der Waals surface area contributed by atoms with Gasteiger partial charge in [-0.2, -0.15) is 0 Å². The monoisotopic (exact) mass is 391 g/mol. The Morgan fingerprint density at radius 2 is 2.07 bits per heavy atom. The molecule has 148 valence electrons. The number of ketones is 1. The first-order valence-electron chi connectivity index (χ1n) is 9.59. The van der Waals surface area contributed by atoms with Crippen molar-refractivity contribution >= 4 is 17.3 Å². The molecule has 0 amide bonds. The fourth-order valence-electron chi connectivity index (χ4n) is 3.50. The molecule has 3 aromatic rings. The van der Waals surface area contributed by atoms with E-state index in [1.54, 1.807) is 30.5 Å². The molecular formula is C23H22FN3O2. The zero-order valence-electron chi connectivity index (χ0n) is 15.9. The number of aryl methyl sites for hydroxylation is 1. The summed E-state index contributed by atoms with van der Waals surface area (Å²) < 4.78 is 20.1. The van der Waals surface area contributed by atoms with Gasteiger partial charge >= 0.3 is 0 Å². The number of carbonyl (C=O) groups excluding carboxylic acids is 1. The van der Waals surface area contributed by atoms with E-state index in [9.17, 15) is 9.18 Å². The average Bonchev–Trinajstić information content (AvgIpc) is 2.74. The van der Waals surface area contributed by atoms with Gasteiger partial charge in [-0.05, 0) is 48.2 Å². The van der Waals surface area contributed by atoms with E-state index in [4.69, 9.17) is 10.5 Å². The molecule has 1 aromatic heterocycles. The molecule has 0 saturated heterocycles.